The predicted molar refractivity (Wildman–Crippen MR) is 65.7 cm³/mol. The van der Waals surface area contributed by atoms with Gasteiger partial charge in [0.05, 0.1) is 17.5 Å². The Kier molecular flexibility index (Phi) is 3.50. The molecule has 1 heterocycles. The van der Waals surface area contributed by atoms with Crippen molar-refractivity contribution in [1.29, 1.82) is 0 Å². The van der Waals surface area contributed by atoms with Crippen molar-refractivity contribution < 1.29 is 18.3 Å². The Morgan fingerprint density at radius 3 is 2.78 bits per heavy atom. The van der Waals surface area contributed by atoms with Crippen LogP contribution in [-0.2, 0) is 14.6 Å². The van der Waals surface area contributed by atoms with E-state index in [0.29, 0.717) is 12.0 Å². The highest BCUT2D eigenvalue weighted by Gasteiger charge is 2.34. The number of phenols is 1. The summed E-state index contributed by atoms with van der Waals surface area (Å²) in [4.78, 5) is 14.2. The smallest absolute Gasteiger partial charge is 0.235 e. The minimum Gasteiger partial charge on any atom is -0.508 e. The zero-order valence-electron chi connectivity index (χ0n) is 9.61. The summed E-state index contributed by atoms with van der Waals surface area (Å²) < 4.78 is 22.9. The lowest BCUT2D eigenvalue weighted by molar-refractivity contribution is 0.459. The van der Waals surface area contributed by atoms with Gasteiger partial charge >= 0.3 is 0 Å². The normalized spacial score (nSPS) is 23.2. The van der Waals surface area contributed by atoms with Gasteiger partial charge in [-0.05, 0) is 24.1 Å². The summed E-state index contributed by atoms with van der Waals surface area (Å²) in [5.74, 6) is -0.00226. The Bertz CT molecular complexity index is 590. The Balaban J connectivity index is 2.32. The molecule has 1 aromatic carbocycles. The summed E-state index contributed by atoms with van der Waals surface area (Å²) in [6.45, 7) is 0. The molecule has 0 amide bonds. The van der Waals surface area contributed by atoms with Gasteiger partial charge in [-0.1, -0.05) is 12.1 Å². The van der Waals surface area contributed by atoms with Gasteiger partial charge in [0, 0.05) is 5.92 Å². The second-order valence-electron chi connectivity index (χ2n) is 4.42. The van der Waals surface area contributed by atoms with E-state index in [4.69, 9.17) is 0 Å². The van der Waals surface area contributed by atoms with Gasteiger partial charge in [-0.3, -0.25) is 0 Å². The molecule has 0 saturated carbocycles. The molecule has 0 bridgehead atoms. The number of hydrogen-bond acceptors (Lipinski definition) is 5. The molecule has 96 valence electrons. The summed E-state index contributed by atoms with van der Waals surface area (Å²) in [6.07, 6.45) is 1.97. The van der Waals surface area contributed by atoms with Crippen molar-refractivity contribution >= 4 is 15.9 Å². The number of aromatic hydroxyl groups is 1. The molecule has 2 unspecified atom stereocenters. The molecule has 5 nitrogen and oxygen atoms in total. The number of aliphatic imine (C=N–C) groups is 1. The number of benzene rings is 1. The van der Waals surface area contributed by atoms with Crippen molar-refractivity contribution in [2.75, 3.05) is 11.5 Å². The van der Waals surface area contributed by atoms with Gasteiger partial charge in [0.2, 0.25) is 6.08 Å². The Morgan fingerprint density at radius 1 is 1.44 bits per heavy atom. The highest BCUT2D eigenvalue weighted by Crippen LogP contribution is 2.35. The highest BCUT2D eigenvalue weighted by molar-refractivity contribution is 7.91. The highest BCUT2D eigenvalue weighted by atomic mass is 32.2. The van der Waals surface area contributed by atoms with Gasteiger partial charge in [0.25, 0.3) is 0 Å². The first kappa shape index (κ1) is 12.8. The van der Waals surface area contributed by atoms with E-state index >= 15 is 0 Å². The molecule has 0 aliphatic carbocycles. The minimum absolute atomic E-state index is 0.0263. The number of sulfone groups is 1. The molecule has 1 fully saturated rings. The van der Waals surface area contributed by atoms with Gasteiger partial charge in [-0.25, -0.2) is 13.2 Å². The lowest BCUT2D eigenvalue weighted by Gasteiger charge is -2.17. The monoisotopic (exact) mass is 267 g/mol. The number of hydrogen-bond donors (Lipinski definition) is 1. The molecule has 0 aromatic heterocycles. The van der Waals surface area contributed by atoms with Crippen LogP contribution in [0.15, 0.2) is 29.3 Å². The SMILES string of the molecule is O=C=NC(c1cccc(O)c1)C1CCS(=O)(=O)C1. The van der Waals surface area contributed by atoms with E-state index in [-0.39, 0.29) is 23.2 Å². The van der Waals surface area contributed by atoms with E-state index in [2.05, 4.69) is 4.99 Å². The number of nitrogens with zero attached hydrogens (tertiary/aromatic N) is 1. The molecule has 1 aliphatic heterocycles. The largest absolute Gasteiger partial charge is 0.508 e. The van der Waals surface area contributed by atoms with Crippen LogP contribution in [0.2, 0.25) is 0 Å². The van der Waals surface area contributed by atoms with Crippen molar-refractivity contribution in [2.45, 2.75) is 12.5 Å². The van der Waals surface area contributed by atoms with E-state index in [1.807, 2.05) is 0 Å². The molecule has 2 atom stereocenters. The maximum absolute atomic E-state index is 11.5. The molecule has 1 saturated heterocycles. The summed E-state index contributed by atoms with van der Waals surface area (Å²) in [6, 6.07) is 5.82. The summed E-state index contributed by atoms with van der Waals surface area (Å²) in [7, 11) is -3.03. The predicted octanol–water partition coefficient (Wildman–Crippen LogP) is 1.20. The molecular weight excluding hydrogens is 254 g/mol. The first-order valence-corrected chi connectivity index (χ1v) is 7.40. The van der Waals surface area contributed by atoms with Crippen LogP contribution in [0.3, 0.4) is 0 Å². The Morgan fingerprint density at radius 2 is 2.22 bits per heavy atom. The second-order valence-corrected chi connectivity index (χ2v) is 6.65. The zero-order chi connectivity index (χ0) is 13.2. The summed E-state index contributed by atoms with van der Waals surface area (Å²) >= 11 is 0. The fourth-order valence-electron chi connectivity index (χ4n) is 2.29. The van der Waals surface area contributed by atoms with Crippen LogP contribution in [-0.4, -0.2) is 31.1 Å². The van der Waals surface area contributed by atoms with Gasteiger partial charge < -0.3 is 5.11 Å². The third-order valence-electron chi connectivity index (χ3n) is 3.12. The number of phenolic OH excluding ortho intramolecular Hbond substituents is 1. The fourth-order valence-corrected chi connectivity index (χ4v) is 4.12. The molecule has 0 spiro atoms. The average Bonchev–Trinajstić information content (AvgIpc) is 2.66. The number of rotatable bonds is 3. The molecule has 6 heteroatoms. The van der Waals surface area contributed by atoms with Crippen LogP contribution in [0.25, 0.3) is 0 Å². The lowest BCUT2D eigenvalue weighted by atomic mass is 9.93. The second kappa shape index (κ2) is 4.92. The van der Waals surface area contributed by atoms with Crippen LogP contribution in [0.1, 0.15) is 18.0 Å². The molecule has 1 aliphatic rings. The van der Waals surface area contributed by atoms with Crippen molar-refractivity contribution in [3.05, 3.63) is 29.8 Å². The topological polar surface area (TPSA) is 83.8 Å². The Hall–Kier alpha value is -1.65. The van der Waals surface area contributed by atoms with Gasteiger partial charge in [-0.15, -0.1) is 0 Å². The van der Waals surface area contributed by atoms with E-state index in [1.165, 1.54) is 18.2 Å². The van der Waals surface area contributed by atoms with Gasteiger partial charge in [0.1, 0.15) is 5.75 Å². The van der Waals surface area contributed by atoms with Crippen LogP contribution >= 0.6 is 0 Å². The van der Waals surface area contributed by atoms with Crippen molar-refractivity contribution in [3.63, 3.8) is 0 Å². The molecule has 1 N–H and O–H groups in total. The van der Waals surface area contributed by atoms with Gasteiger partial charge in [-0.2, -0.15) is 4.99 Å². The van der Waals surface area contributed by atoms with Crippen molar-refractivity contribution in [2.24, 2.45) is 10.9 Å². The van der Waals surface area contributed by atoms with E-state index in [0.717, 1.165) is 0 Å². The third-order valence-corrected chi connectivity index (χ3v) is 4.91. The third kappa shape index (κ3) is 2.78. The standard InChI is InChI=1S/C12H13NO4S/c14-8-13-12(9-2-1-3-11(15)6-9)10-4-5-18(16,17)7-10/h1-3,6,10,12,15H,4-5,7H2. The van der Waals surface area contributed by atoms with E-state index < -0.39 is 15.9 Å². The van der Waals surface area contributed by atoms with Crippen molar-refractivity contribution in [1.82, 2.24) is 0 Å². The summed E-state index contributed by atoms with van der Waals surface area (Å²) in [5, 5.41) is 9.42. The van der Waals surface area contributed by atoms with Crippen molar-refractivity contribution in [3.8, 4) is 5.75 Å². The molecule has 18 heavy (non-hydrogen) atoms. The number of isocyanates is 1. The first-order chi connectivity index (χ1) is 8.52. The van der Waals surface area contributed by atoms with Crippen LogP contribution in [0.5, 0.6) is 5.75 Å². The maximum atomic E-state index is 11.5. The van der Waals surface area contributed by atoms with E-state index in [1.54, 1.807) is 12.1 Å². The quantitative estimate of drug-likeness (QED) is 0.659. The van der Waals surface area contributed by atoms with Crippen LogP contribution in [0.4, 0.5) is 0 Å². The minimum atomic E-state index is -3.03. The molecule has 1 aromatic rings. The van der Waals surface area contributed by atoms with Gasteiger partial charge in [0.15, 0.2) is 9.84 Å². The Labute approximate surface area is 105 Å². The average molecular weight is 267 g/mol. The fraction of sp³-hybridized carbons (Fsp3) is 0.417. The maximum Gasteiger partial charge on any atom is 0.235 e. The molecular formula is C12H13NO4S. The van der Waals surface area contributed by atoms with Crippen LogP contribution < -0.4 is 0 Å². The zero-order valence-corrected chi connectivity index (χ0v) is 10.4. The molecule has 0 radical (unpaired) electrons. The molecule has 2 rings (SSSR count). The number of carbonyl (C=O) groups excluding carboxylic acids is 1. The summed E-state index contributed by atoms with van der Waals surface area (Å²) in [5.41, 5.74) is 0.639. The lowest BCUT2D eigenvalue weighted by Crippen LogP contribution is -2.13. The van der Waals surface area contributed by atoms with E-state index in [9.17, 15) is 18.3 Å². The first-order valence-electron chi connectivity index (χ1n) is 5.58. The van der Waals surface area contributed by atoms with Crippen LogP contribution in [0, 0.1) is 5.92 Å².